The molecule has 1 saturated heterocycles. The maximum absolute atomic E-state index is 5.35. The van der Waals surface area contributed by atoms with Crippen LogP contribution in [0.1, 0.15) is 18.7 Å². The van der Waals surface area contributed by atoms with E-state index in [2.05, 4.69) is 37.6 Å². The summed E-state index contributed by atoms with van der Waals surface area (Å²) in [5.41, 5.74) is 0. The Morgan fingerprint density at radius 2 is 2.50 bits per heavy atom. The van der Waals surface area contributed by atoms with E-state index in [9.17, 15) is 0 Å². The summed E-state index contributed by atoms with van der Waals surface area (Å²) in [4.78, 5) is 8.41. The third-order valence-corrected chi connectivity index (χ3v) is 4.12. The van der Waals surface area contributed by atoms with Gasteiger partial charge in [0, 0.05) is 17.5 Å². The van der Waals surface area contributed by atoms with E-state index in [1.807, 2.05) is 11.8 Å². The molecule has 0 spiro atoms. The molecule has 2 unspecified atom stereocenters. The zero-order chi connectivity index (χ0) is 12.4. The van der Waals surface area contributed by atoms with Gasteiger partial charge < -0.3 is 9.84 Å². The summed E-state index contributed by atoms with van der Waals surface area (Å²) in [7, 11) is 0. The lowest BCUT2D eigenvalue weighted by atomic mass is 10.0. The Morgan fingerprint density at radius 3 is 3.28 bits per heavy atom. The third-order valence-electron chi connectivity index (χ3n) is 2.93. The first-order chi connectivity index (χ1) is 8.88. The van der Waals surface area contributed by atoms with Crippen LogP contribution in [-0.4, -0.2) is 49.4 Å². The number of thioether (sulfide) groups is 1. The maximum Gasteiger partial charge on any atom is 0.239 e. The van der Waals surface area contributed by atoms with Crippen LogP contribution in [0.25, 0.3) is 11.6 Å². The molecule has 2 aromatic rings. The maximum atomic E-state index is 5.35. The lowest BCUT2D eigenvalue weighted by Gasteiger charge is -2.15. The van der Waals surface area contributed by atoms with Gasteiger partial charge in [0.1, 0.15) is 6.33 Å². The first-order valence-electron chi connectivity index (χ1n) is 5.89. The summed E-state index contributed by atoms with van der Waals surface area (Å²) in [6.45, 7) is 3.05. The van der Waals surface area contributed by atoms with Crippen molar-refractivity contribution in [1.29, 1.82) is 0 Å². The van der Waals surface area contributed by atoms with Crippen LogP contribution >= 0.6 is 11.8 Å². The van der Waals surface area contributed by atoms with E-state index < -0.39 is 0 Å². The molecule has 8 heteroatoms. The van der Waals surface area contributed by atoms with Crippen molar-refractivity contribution in [1.82, 2.24) is 30.6 Å². The van der Waals surface area contributed by atoms with Crippen LogP contribution in [0.5, 0.6) is 0 Å². The summed E-state index contributed by atoms with van der Waals surface area (Å²) >= 11 is 1.91. The Morgan fingerprint density at radius 1 is 1.56 bits per heavy atom. The van der Waals surface area contributed by atoms with Gasteiger partial charge in [-0.1, -0.05) is 12.1 Å². The van der Waals surface area contributed by atoms with Gasteiger partial charge in [-0.25, -0.2) is 4.98 Å². The fourth-order valence-electron chi connectivity index (χ4n) is 2.06. The van der Waals surface area contributed by atoms with E-state index in [0.29, 0.717) is 23.6 Å². The molecule has 2 atom stereocenters. The normalized spacial score (nSPS) is 23.6. The highest BCUT2D eigenvalue weighted by Gasteiger charge is 2.33. The smallest absolute Gasteiger partial charge is 0.239 e. The van der Waals surface area contributed by atoms with E-state index >= 15 is 0 Å². The molecule has 0 bridgehead atoms. The zero-order valence-corrected chi connectivity index (χ0v) is 10.8. The van der Waals surface area contributed by atoms with Crippen molar-refractivity contribution in [3.8, 4) is 11.6 Å². The van der Waals surface area contributed by atoms with Gasteiger partial charge in [0.15, 0.2) is 5.82 Å². The Hall–Kier alpha value is -1.41. The number of rotatable bonds is 4. The van der Waals surface area contributed by atoms with Crippen LogP contribution in [0.3, 0.4) is 0 Å². The molecule has 1 aliphatic rings. The predicted octanol–water partition coefficient (Wildman–Crippen LogP) is 0.663. The van der Waals surface area contributed by atoms with Gasteiger partial charge in [-0.05, 0) is 6.54 Å². The summed E-state index contributed by atoms with van der Waals surface area (Å²) in [6.07, 6.45) is 1.43. The van der Waals surface area contributed by atoms with E-state index in [-0.39, 0.29) is 5.92 Å². The summed E-state index contributed by atoms with van der Waals surface area (Å²) in [5, 5.41) is 13.9. The predicted molar refractivity (Wildman–Crippen MR) is 67.2 cm³/mol. The molecule has 1 aliphatic heterocycles. The molecule has 0 radical (unpaired) electrons. The van der Waals surface area contributed by atoms with Crippen molar-refractivity contribution in [2.24, 2.45) is 0 Å². The Labute approximate surface area is 108 Å². The average molecular weight is 266 g/mol. The van der Waals surface area contributed by atoms with Crippen molar-refractivity contribution in [2.75, 3.05) is 18.1 Å². The van der Waals surface area contributed by atoms with Crippen molar-refractivity contribution in [3.05, 3.63) is 12.2 Å². The van der Waals surface area contributed by atoms with Gasteiger partial charge in [-0.15, -0.1) is 0 Å². The van der Waals surface area contributed by atoms with Crippen molar-refractivity contribution < 1.29 is 4.52 Å². The minimum atomic E-state index is 0.277. The van der Waals surface area contributed by atoms with Gasteiger partial charge >= 0.3 is 0 Å². The number of hydrogen-bond acceptors (Lipinski definition) is 7. The van der Waals surface area contributed by atoms with Crippen LogP contribution in [0, 0.1) is 0 Å². The summed E-state index contributed by atoms with van der Waals surface area (Å²) in [5.74, 6) is 4.05. The second kappa shape index (κ2) is 5.07. The van der Waals surface area contributed by atoms with E-state index in [1.54, 1.807) is 0 Å². The van der Waals surface area contributed by atoms with Crippen LogP contribution < -0.4 is 5.32 Å². The topological polar surface area (TPSA) is 92.5 Å². The first kappa shape index (κ1) is 11.7. The molecule has 0 saturated carbocycles. The SMILES string of the molecule is CCNC1CSCC1c1nc(-c2ncn[nH]2)no1. The fourth-order valence-corrected chi connectivity index (χ4v) is 3.43. The Balaban J connectivity index is 1.80. The molecule has 0 aromatic carbocycles. The van der Waals surface area contributed by atoms with E-state index in [4.69, 9.17) is 4.52 Å². The number of hydrogen-bond donors (Lipinski definition) is 2. The lowest BCUT2D eigenvalue weighted by molar-refractivity contribution is 0.340. The first-order valence-corrected chi connectivity index (χ1v) is 7.04. The average Bonchev–Trinajstić information content (AvgIpc) is 3.10. The molecule has 0 aliphatic carbocycles. The molecule has 2 N–H and O–H groups in total. The second-order valence-corrected chi connectivity index (χ2v) is 5.17. The van der Waals surface area contributed by atoms with Gasteiger partial charge in [0.25, 0.3) is 0 Å². The van der Waals surface area contributed by atoms with E-state index in [0.717, 1.165) is 18.1 Å². The highest BCUT2D eigenvalue weighted by Crippen LogP contribution is 2.32. The number of nitrogens with one attached hydrogen (secondary N) is 2. The van der Waals surface area contributed by atoms with Gasteiger partial charge in [0.2, 0.25) is 11.7 Å². The standard InChI is InChI=1S/C10H14N6OS/c1-2-11-7-4-18-3-6(7)10-14-9(16-17-10)8-12-5-13-15-8/h5-7,11H,2-4H2,1H3,(H,12,13,15). The molecule has 3 rings (SSSR count). The van der Waals surface area contributed by atoms with Crippen LogP contribution in [0.2, 0.25) is 0 Å². The largest absolute Gasteiger partial charge is 0.338 e. The number of aromatic nitrogens is 5. The molecule has 3 heterocycles. The fraction of sp³-hybridized carbons (Fsp3) is 0.600. The number of likely N-dealkylation sites (N-methyl/N-ethyl adjacent to an activating group) is 1. The second-order valence-electron chi connectivity index (χ2n) is 4.10. The van der Waals surface area contributed by atoms with Gasteiger partial charge in [-0.3, -0.25) is 5.10 Å². The highest BCUT2D eigenvalue weighted by atomic mass is 32.2. The quantitative estimate of drug-likeness (QED) is 0.839. The van der Waals surface area contributed by atoms with E-state index in [1.165, 1.54) is 6.33 Å². The third kappa shape index (κ3) is 2.13. The molecule has 7 nitrogen and oxygen atoms in total. The number of nitrogens with zero attached hydrogens (tertiary/aromatic N) is 4. The van der Waals surface area contributed by atoms with Crippen LogP contribution in [0.4, 0.5) is 0 Å². The molecule has 1 fully saturated rings. The minimum absolute atomic E-state index is 0.277. The molecule has 96 valence electrons. The van der Waals surface area contributed by atoms with Gasteiger partial charge in [-0.2, -0.15) is 21.8 Å². The summed E-state index contributed by atoms with van der Waals surface area (Å²) in [6, 6.07) is 0.406. The van der Waals surface area contributed by atoms with Crippen LogP contribution in [-0.2, 0) is 0 Å². The monoisotopic (exact) mass is 266 g/mol. The van der Waals surface area contributed by atoms with Gasteiger partial charge in [0.05, 0.1) is 5.92 Å². The Bertz CT molecular complexity index is 498. The zero-order valence-electron chi connectivity index (χ0n) is 9.96. The molecule has 2 aromatic heterocycles. The van der Waals surface area contributed by atoms with Crippen molar-refractivity contribution in [2.45, 2.75) is 18.9 Å². The molecular formula is C10H14N6OS. The van der Waals surface area contributed by atoms with Crippen molar-refractivity contribution >= 4 is 11.8 Å². The van der Waals surface area contributed by atoms with Crippen LogP contribution in [0.15, 0.2) is 10.9 Å². The highest BCUT2D eigenvalue weighted by molar-refractivity contribution is 7.99. The Kier molecular flexibility index (Phi) is 3.28. The molecule has 0 amide bonds. The number of aromatic amines is 1. The number of H-pyrrole nitrogens is 1. The van der Waals surface area contributed by atoms with Crippen molar-refractivity contribution in [3.63, 3.8) is 0 Å². The lowest BCUT2D eigenvalue weighted by Crippen LogP contribution is -2.34. The molecule has 18 heavy (non-hydrogen) atoms. The molecular weight excluding hydrogens is 252 g/mol. The minimum Gasteiger partial charge on any atom is -0.338 e. The summed E-state index contributed by atoms with van der Waals surface area (Å²) < 4.78 is 5.35.